The highest BCUT2D eigenvalue weighted by Crippen LogP contribution is 2.39. The fourth-order valence-corrected chi connectivity index (χ4v) is 6.63. The standard InChI is InChI=1S/C30H37F3N4O3S/c1-2-21-18-36-10-13-41-37(19-30(31,32)33)26-16-22(15-24(21)28(26)36)29(39)35-25(14-20-6-4-3-5-7-20)27(38)17-34-23-8-11-40-12-9-23/h3-7,15-16,18,23,25,27,34,38H,2,8-14,17,19H2,1H3,(H,35,39)/t25-,27+/m0/s1. The van der Waals surface area contributed by atoms with Gasteiger partial charge in [-0.2, -0.15) is 13.2 Å². The van der Waals surface area contributed by atoms with Crippen LogP contribution in [0.3, 0.4) is 0 Å². The second kappa shape index (κ2) is 13.1. The van der Waals surface area contributed by atoms with Gasteiger partial charge in [-0.3, -0.25) is 4.79 Å². The van der Waals surface area contributed by atoms with E-state index in [2.05, 4.69) is 10.6 Å². The van der Waals surface area contributed by atoms with Gasteiger partial charge in [0.25, 0.3) is 5.91 Å². The number of amides is 1. The zero-order valence-corrected chi connectivity index (χ0v) is 23.9. The smallest absolute Gasteiger partial charge is 0.390 e. The number of ether oxygens (including phenoxy) is 1. The normalized spacial score (nSPS) is 17.8. The first-order valence-corrected chi connectivity index (χ1v) is 15.1. The van der Waals surface area contributed by atoms with Crippen LogP contribution in [-0.4, -0.2) is 72.0 Å². The van der Waals surface area contributed by atoms with Gasteiger partial charge in [0.2, 0.25) is 0 Å². The van der Waals surface area contributed by atoms with Gasteiger partial charge in [0.1, 0.15) is 6.54 Å². The number of hydrogen-bond donors (Lipinski definition) is 3. The summed E-state index contributed by atoms with van der Waals surface area (Å²) in [5, 5.41) is 18.4. The molecule has 1 amide bonds. The fourth-order valence-electron chi connectivity index (χ4n) is 5.61. The number of nitrogens with zero attached hydrogens (tertiary/aromatic N) is 2. The number of carbonyl (C=O) groups is 1. The van der Waals surface area contributed by atoms with Crippen LogP contribution in [0.4, 0.5) is 18.9 Å². The lowest BCUT2D eigenvalue weighted by molar-refractivity contribution is -0.117. The summed E-state index contributed by atoms with van der Waals surface area (Å²) < 4.78 is 49.3. The third-order valence-electron chi connectivity index (χ3n) is 7.76. The molecule has 222 valence electrons. The van der Waals surface area contributed by atoms with Gasteiger partial charge in [-0.25, -0.2) is 0 Å². The minimum Gasteiger partial charge on any atom is -0.390 e. The van der Waals surface area contributed by atoms with Crippen molar-refractivity contribution in [1.82, 2.24) is 15.2 Å². The van der Waals surface area contributed by atoms with Gasteiger partial charge in [-0.15, -0.1) is 0 Å². The number of carbonyl (C=O) groups excluding carboxylic acids is 1. The van der Waals surface area contributed by atoms with Crippen molar-refractivity contribution in [3.8, 4) is 0 Å². The quantitative estimate of drug-likeness (QED) is 0.297. The van der Waals surface area contributed by atoms with Crippen molar-refractivity contribution in [2.24, 2.45) is 0 Å². The number of halogens is 3. The monoisotopic (exact) mass is 590 g/mol. The molecule has 0 unspecified atom stereocenters. The third kappa shape index (κ3) is 7.38. The molecular formula is C30H37F3N4O3S. The molecule has 0 saturated carbocycles. The molecule has 2 atom stereocenters. The Morgan fingerprint density at radius 3 is 2.66 bits per heavy atom. The molecule has 7 nitrogen and oxygen atoms in total. The maximum Gasteiger partial charge on any atom is 0.406 e. The summed E-state index contributed by atoms with van der Waals surface area (Å²) in [6.07, 6.45) is -0.476. The average Bonchev–Trinajstić information content (AvgIpc) is 3.23. The molecule has 0 radical (unpaired) electrons. The largest absolute Gasteiger partial charge is 0.406 e. The van der Waals surface area contributed by atoms with E-state index in [0.29, 0.717) is 56.1 Å². The lowest BCUT2D eigenvalue weighted by Crippen LogP contribution is -2.50. The summed E-state index contributed by atoms with van der Waals surface area (Å²) in [6.45, 7) is 3.11. The summed E-state index contributed by atoms with van der Waals surface area (Å²) >= 11 is 1.12. The summed E-state index contributed by atoms with van der Waals surface area (Å²) in [5.41, 5.74) is 3.32. The van der Waals surface area contributed by atoms with Crippen LogP contribution in [0, 0.1) is 0 Å². The molecular weight excluding hydrogens is 553 g/mol. The van der Waals surface area contributed by atoms with E-state index in [9.17, 15) is 23.1 Å². The number of aliphatic hydroxyl groups is 1. The Bertz CT molecular complexity index is 1330. The van der Waals surface area contributed by atoms with Gasteiger partial charge < -0.3 is 29.3 Å². The third-order valence-corrected chi connectivity index (χ3v) is 8.77. The lowest BCUT2D eigenvalue weighted by Gasteiger charge is -2.29. The summed E-state index contributed by atoms with van der Waals surface area (Å²) in [6, 6.07) is 12.6. The molecule has 0 spiro atoms. The van der Waals surface area contributed by atoms with Crippen LogP contribution in [-0.2, 0) is 24.1 Å². The molecule has 1 fully saturated rings. The van der Waals surface area contributed by atoms with E-state index in [1.54, 1.807) is 12.1 Å². The van der Waals surface area contributed by atoms with E-state index >= 15 is 0 Å². The highest BCUT2D eigenvalue weighted by atomic mass is 32.2. The lowest BCUT2D eigenvalue weighted by atomic mass is 9.99. The second-order valence-corrected chi connectivity index (χ2v) is 11.8. The van der Waals surface area contributed by atoms with E-state index < -0.39 is 30.8 Å². The Hall–Kier alpha value is -2.73. The molecule has 3 heterocycles. The number of aliphatic hydroxyl groups excluding tert-OH is 1. The predicted molar refractivity (Wildman–Crippen MR) is 156 cm³/mol. The van der Waals surface area contributed by atoms with E-state index in [0.717, 1.165) is 41.3 Å². The van der Waals surface area contributed by atoms with Crippen LogP contribution in [0.1, 0.15) is 41.3 Å². The van der Waals surface area contributed by atoms with Crippen molar-refractivity contribution in [2.45, 2.75) is 63.5 Å². The van der Waals surface area contributed by atoms with Crippen molar-refractivity contribution < 1.29 is 27.8 Å². The fraction of sp³-hybridized carbons (Fsp3) is 0.500. The van der Waals surface area contributed by atoms with Gasteiger partial charge in [-0.05, 0) is 60.9 Å². The average molecular weight is 591 g/mol. The first kappa shape index (κ1) is 29.8. The molecule has 3 N–H and O–H groups in total. The molecule has 11 heteroatoms. The molecule has 1 aromatic heterocycles. The summed E-state index contributed by atoms with van der Waals surface area (Å²) in [5.74, 6) is 0.0650. The van der Waals surface area contributed by atoms with Crippen molar-refractivity contribution in [2.75, 3.05) is 36.4 Å². The molecule has 2 aliphatic heterocycles. The molecule has 2 aliphatic rings. The van der Waals surface area contributed by atoms with Crippen LogP contribution in [0.25, 0.3) is 10.9 Å². The van der Waals surface area contributed by atoms with Gasteiger partial charge in [0.15, 0.2) is 0 Å². The number of alkyl halides is 3. The van der Waals surface area contributed by atoms with Crippen molar-refractivity contribution in [3.05, 3.63) is 65.4 Å². The Kier molecular flexibility index (Phi) is 9.48. The van der Waals surface area contributed by atoms with Crippen LogP contribution >= 0.6 is 11.9 Å². The van der Waals surface area contributed by atoms with Crippen LogP contribution in [0.2, 0.25) is 0 Å². The molecule has 2 aromatic carbocycles. The van der Waals surface area contributed by atoms with Crippen LogP contribution in [0.15, 0.2) is 48.7 Å². The Morgan fingerprint density at radius 1 is 1.20 bits per heavy atom. The molecule has 0 bridgehead atoms. The number of aryl methyl sites for hydroxylation is 2. The van der Waals surface area contributed by atoms with Crippen molar-refractivity contribution >= 4 is 34.4 Å². The highest BCUT2D eigenvalue weighted by molar-refractivity contribution is 8.00. The Morgan fingerprint density at radius 2 is 1.95 bits per heavy atom. The predicted octanol–water partition coefficient (Wildman–Crippen LogP) is 4.70. The molecule has 5 rings (SSSR count). The molecule has 0 aliphatic carbocycles. The van der Waals surface area contributed by atoms with Crippen LogP contribution in [0.5, 0.6) is 0 Å². The second-order valence-electron chi connectivity index (χ2n) is 10.7. The first-order chi connectivity index (χ1) is 19.7. The summed E-state index contributed by atoms with van der Waals surface area (Å²) in [4.78, 5) is 13.8. The van der Waals surface area contributed by atoms with Gasteiger partial charge >= 0.3 is 6.18 Å². The summed E-state index contributed by atoms with van der Waals surface area (Å²) in [7, 11) is 0. The Balaban J connectivity index is 1.43. The van der Waals surface area contributed by atoms with E-state index in [1.165, 1.54) is 4.31 Å². The SMILES string of the molecule is CCc1cn2c3c(cc(C(=O)N[C@@H](Cc4ccccc4)[C@H](O)CNC4CCOCC4)cc13)N(CC(F)(F)F)SCC2. The maximum atomic E-state index is 13.8. The van der Waals surface area contributed by atoms with Crippen LogP contribution < -0.4 is 14.9 Å². The number of anilines is 1. The van der Waals surface area contributed by atoms with Gasteiger partial charge in [0.05, 0.1) is 23.3 Å². The zero-order valence-electron chi connectivity index (χ0n) is 23.1. The number of rotatable bonds is 10. The first-order valence-electron chi connectivity index (χ1n) is 14.2. The number of aromatic nitrogens is 1. The van der Waals surface area contributed by atoms with Crippen molar-refractivity contribution in [1.29, 1.82) is 0 Å². The number of nitrogens with one attached hydrogen (secondary N) is 2. The molecule has 1 saturated heterocycles. The minimum absolute atomic E-state index is 0.236. The molecule has 41 heavy (non-hydrogen) atoms. The zero-order chi connectivity index (χ0) is 29.0. The highest BCUT2D eigenvalue weighted by Gasteiger charge is 2.34. The van der Waals surface area contributed by atoms with Crippen molar-refractivity contribution in [3.63, 3.8) is 0 Å². The molecule has 3 aromatic rings. The minimum atomic E-state index is -4.39. The van der Waals surface area contributed by atoms with E-state index in [1.807, 2.05) is 48.0 Å². The van der Waals surface area contributed by atoms with Gasteiger partial charge in [-0.1, -0.05) is 37.3 Å². The topological polar surface area (TPSA) is 78.8 Å². The number of hydrogen-bond acceptors (Lipinski definition) is 6. The van der Waals surface area contributed by atoms with E-state index in [4.69, 9.17) is 4.74 Å². The van der Waals surface area contributed by atoms with E-state index in [-0.39, 0.29) is 11.6 Å². The number of benzene rings is 2. The Labute approximate surface area is 242 Å². The van der Waals surface area contributed by atoms with Gasteiger partial charge in [0, 0.05) is 55.2 Å². The maximum absolute atomic E-state index is 13.8.